The predicted octanol–water partition coefficient (Wildman–Crippen LogP) is 2.16. The first kappa shape index (κ1) is 14.0. The standard InChI is InChI=1S/C13H18BrN3O2/c1-4-17-10(7-16-13(17)15)8-5-11(18-2)12(19-3)6-9(8)14/h5-6,10H,4,7H2,1-3H3,(H2,15,16). The van der Waals surface area contributed by atoms with E-state index >= 15 is 0 Å². The maximum Gasteiger partial charge on any atom is 0.191 e. The van der Waals surface area contributed by atoms with E-state index in [4.69, 9.17) is 15.2 Å². The molecule has 5 nitrogen and oxygen atoms in total. The molecule has 0 spiro atoms. The average molecular weight is 328 g/mol. The quantitative estimate of drug-likeness (QED) is 0.920. The monoisotopic (exact) mass is 327 g/mol. The van der Waals surface area contributed by atoms with E-state index in [2.05, 4.69) is 32.7 Å². The molecule has 0 amide bonds. The fraction of sp³-hybridized carbons (Fsp3) is 0.462. The number of hydrogen-bond acceptors (Lipinski definition) is 5. The first-order valence-corrected chi connectivity index (χ1v) is 6.89. The lowest BCUT2D eigenvalue weighted by atomic mass is 10.1. The molecule has 19 heavy (non-hydrogen) atoms. The Kier molecular flexibility index (Phi) is 4.19. The summed E-state index contributed by atoms with van der Waals surface area (Å²) < 4.78 is 11.6. The molecule has 0 aliphatic carbocycles. The lowest BCUT2D eigenvalue weighted by Gasteiger charge is -2.26. The molecule has 1 heterocycles. The number of methoxy groups -OCH3 is 2. The maximum absolute atomic E-state index is 5.90. The number of rotatable bonds is 4. The second-order valence-electron chi connectivity index (χ2n) is 4.23. The van der Waals surface area contributed by atoms with Crippen molar-refractivity contribution in [2.45, 2.75) is 13.0 Å². The second kappa shape index (κ2) is 5.69. The highest BCUT2D eigenvalue weighted by atomic mass is 79.9. The summed E-state index contributed by atoms with van der Waals surface area (Å²) in [6.45, 7) is 3.55. The number of halogens is 1. The zero-order valence-electron chi connectivity index (χ0n) is 11.3. The minimum absolute atomic E-state index is 0.138. The fourth-order valence-corrected chi connectivity index (χ4v) is 2.89. The summed E-state index contributed by atoms with van der Waals surface area (Å²) >= 11 is 3.58. The molecule has 0 fully saturated rings. The van der Waals surface area contributed by atoms with Crippen molar-refractivity contribution in [3.05, 3.63) is 22.2 Å². The summed E-state index contributed by atoms with van der Waals surface area (Å²) in [6, 6.07) is 4.03. The number of guanidine groups is 1. The van der Waals surface area contributed by atoms with Gasteiger partial charge in [0.2, 0.25) is 0 Å². The third kappa shape index (κ3) is 2.49. The Morgan fingerprint density at radius 1 is 1.37 bits per heavy atom. The van der Waals surface area contributed by atoms with E-state index in [0.717, 1.165) is 16.6 Å². The Morgan fingerprint density at radius 3 is 2.58 bits per heavy atom. The molecule has 0 saturated heterocycles. The normalized spacial score (nSPS) is 18.4. The summed E-state index contributed by atoms with van der Waals surface area (Å²) in [6.07, 6.45) is 0. The van der Waals surface area contributed by atoms with E-state index in [0.29, 0.717) is 24.0 Å². The number of benzene rings is 1. The van der Waals surface area contributed by atoms with Crippen LogP contribution in [0.3, 0.4) is 0 Å². The van der Waals surface area contributed by atoms with Crippen LogP contribution in [-0.4, -0.2) is 38.2 Å². The lowest BCUT2D eigenvalue weighted by molar-refractivity contribution is 0.345. The van der Waals surface area contributed by atoms with Gasteiger partial charge in [-0.3, -0.25) is 4.99 Å². The molecule has 0 bridgehead atoms. The largest absolute Gasteiger partial charge is 0.493 e. The minimum atomic E-state index is 0.138. The van der Waals surface area contributed by atoms with Crippen LogP contribution in [-0.2, 0) is 0 Å². The molecule has 1 aliphatic heterocycles. The highest BCUT2D eigenvalue weighted by Crippen LogP contribution is 2.38. The maximum atomic E-state index is 5.90. The van der Waals surface area contributed by atoms with E-state index in [-0.39, 0.29) is 6.04 Å². The third-order valence-corrected chi connectivity index (χ3v) is 3.99. The molecular formula is C13H18BrN3O2. The predicted molar refractivity (Wildman–Crippen MR) is 78.9 cm³/mol. The summed E-state index contributed by atoms with van der Waals surface area (Å²) in [5.74, 6) is 2.00. The van der Waals surface area contributed by atoms with E-state index < -0.39 is 0 Å². The van der Waals surface area contributed by atoms with Crippen molar-refractivity contribution >= 4 is 21.9 Å². The highest BCUT2D eigenvalue weighted by molar-refractivity contribution is 9.10. The van der Waals surface area contributed by atoms with Gasteiger partial charge in [0.25, 0.3) is 0 Å². The van der Waals surface area contributed by atoms with Crippen LogP contribution in [0, 0.1) is 0 Å². The van der Waals surface area contributed by atoms with Gasteiger partial charge in [0.05, 0.1) is 26.8 Å². The number of hydrogen-bond donors (Lipinski definition) is 1. The summed E-state index contributed by atoms with van der Waals surface area (Å²) in [4.78, 5) is 6.39. The molecule has 0 radical (unpaired) electrons. The fourth-order valence-electron chi connectivity index (χ4n) is 2.30. The van der Waals surface area contributed by atoms with Crippen LogP contribution in [0.15, 0.2) is 21.6 Å². The Morgan fingerprint density at radius 2 is 2.00 bits per heavy atom. The number of nitrogens with two attached hydrogens (primary N) is 1. The van der Waals surface area contributed by atoms with Crippen LogP contribution < -0.4 is 15.2 Å². The molecule has 1 atom stereocenters. The molecule has 2 rings (SSSR count). The molecule has 1 unspecified atom stereocenters. The van der Waals surface area contributed by atoms with Crippen LogP contribution in [0.2, 0.25) is 0 Å². The molecule has 2 N–H and O–H groups in total. The summed E-state index contributed by atoms with van der Waals surface area (Å²) in [5, 5.41) is 0. The van der Waals surface area contributed by atoms with E-state index in [1.165, 1.54) is 0 Å². The van der Waals surface area contributed by atoms with Gasteiger partial charge in [0, 0.05) is 11.0 Å². The van der Waals surface area contributed by atoms with Gasteiger partial charge in [-0.15, -0.1) is 0 Å². The van der Waals surface area contributed by atoms with E-state index in [1.54, 1.807) is 14.2 Å². The minimum Gasteiger partial charge on any atom is -0.493 e. The molecule has 0 aromatic heterocycles. The zero-order chi connectivity index (χ0) is 14.0. The van der Waals surface area contributed by atoms with Gasteiger partial charge in [0.15, 0.2) is 17.5 Å². The van der Waals surface area contributed by atoms with Gasteiger partial charge in [0.1, 0.15) is 0 Å². The second-order valence-corrected chi connectivity index (χ2v) is 5.08. The SMILES string of the molecule is CCN1C(N)=NCC1c1cc(OC)c(OC)cc1Br. The van der Waals surface area contributed by atoms with Gasteiger partial charge >= 0.3 is 0 Å². The molecule has 6 heteroatoms. The van der Waals surface area contributed by atoms with Gasteiger partial charge in [-0.2, -0.15) is 0 Å². The molecule has 1 aromatic carbocycles. The van der Waals surface area contributed by atoms with Gasteiger partial charge in [-0.25, -0.2) is 0 Å². The van der Waals surface area contributed by atoms with Crippen LogP contribution in [0.4, 0.5) is 0 Å². The van der Waals surface area contributed by atoms with Gasteiger partial charge < -0.3 is 20.1 Å². The van der Waals surface area contributed by atoms with Crippen molar-refractivity contribution in [1.29, 1.82) is 0 Å². The lowest BCUT2D eigenvalue weighted by Crippen LogP contribution is -2.35. The zero-order valence-corrected chi connectivity index (χ0v) is 12.9. The van der Waals surface area contributed by atoms with Crippen molar-refractivity contribution in [2.24, 2.45) is 10.7 Å². The van der Waals surface area contributed by atoms with Gasteiger partial charge in [-0.1, -0.05) is 15.9 Å². The summed E-state index contributed by atoms with van der Waals surface area (Å²) in [7, 11) is 3.26. The summed E-state index contributed by atoms with van der Waals surface area (Å²) in [5.41, 5.74) is 7.00. The smallest absolute Gasteiger partial charge is 0.191 e. The Bertz CT molecular complexity index is 505. The molecule has 0 saturated carbocycles. The Hall–Kier alpha value is -1.43. The molecular weight excluding hydrogens is 310 g/mol. The molecule has 1 aromatic rings. The van der Waals surface area contributed by atoms with Crippen molar-refractivity contribution in [2.75, 3.05) is 27.3 Å². The molecule has 1 aliphatic rings. The van der Waals surface area contributed by atoms with Gasteiger partial charge in [-0.05, 0) is 24.6 Å². The van der Waals surface area contributed by atoms with Crippen molar-refractivity contribution in [1.82, 2.24) is 4.90 Å². The number of aliphatic imine (C=N–C) groups is 1. The molecule has 104 valence electrons. The van der Waals surface area contributed by atoms with Crippen molar-refractivity contribution in [3.8, 4) is 11.5 Å². The Balaban J connectivity index is 2.40. The third-order valence-electron chi connectivity index (χ3n) is 3.30. The number of nitrogens with zero attached hydrogens (tertiary/aromatic N) is 2. The van der Waals surface area contributed by atoms with Crippen LogP contribution in [0.5, 0.6) is 11.5 Å². The number of likely N-dealkylation sites (N-methyl/N-ethyl adjacent to an activating group) is 1. The Labute approximate surface area is 121 Å². The van der Waals surface area contributed by atoms with Crippen molar-refractivity contribution in [3.63, 3.8) is 0 Å². The average Bonchev–Trinajstić information content (AvgIpc) is 2.79. The topological polar surface area (TPSA) is 60.1 Å². The van der Waals surface area contributed by atoms with Crippen LogP contribution in [0.25, 0.3) is 0 Å². The highest BCUT2D eigenvalue weighted by Gasteiger charge is 2.28. The number of ether oxygens (including phenoxy) is 2. The van der Waals surface area contributed by atoms with E-state index in [9.17, 15) is 0 Å². The first-order chi connectivity index (χ1) is 9.12. The first-order valence-electron chi connectivity index (χ1n) is 6.10. The van der Waals surface area contributed by atoms with Crippen LogP contribution in [0.1, 0.15) is 18.5 Å². The van der Waals surface area contributed by atoms with Crippen molar-refractivity contribution < 1.29 is 9.47 Å². The van der Waals surface area contributed by atoms with Crippen LogP contribution >= 0.6 is 15.9 Å². The van der Waals surface area contributed by atoms with E-state index in [1.807, 2.05) is 12.1 Å².